The van der Waals surface area contributed by atoms with Gasteiger partial charge in [-0.1, -0.05) is 18.2 Å². The van der Waals surface area contributed by atoms with E-state index in [1.165, 1.54) is 18.8 Å². The highest BCUT2D eigenvalue weighted by Crippen LogP contribution is 2.37. The summed E-state index contributed by atoms with van der Waals surface area (Å²) in [6, 6.07) is 9.04. The van der Waals surface area contributed by atoms with Gasteiger partial charge in [-0.2, -0.15) is 0 Å². The van der Waals surface area contributed by atoms with Crippen molar-refractivity contribution in [3.05, 3.63) is 51.0 Å². The number of ether oxygens (including phenoxy) is 2. The topological polar surface area (TPSA) is 61.9 Å². The van der Waals surface area contributed by atoms with Crippen LogP contribution in [-0.4, -0.2) is 23.2 Å². The molecule has 0 unspecified atom stereocenters. The van der Waals surface area contributed by atoms with Crippen molar-refractivity contribution in [2.24, 2.45) is 7.05 Å². The number of pyridine rings is 2. The smallest absolute Gasteiger partial charge is 0.302 e. The van der Waals surface area contributed by atoms with Crippen LogP contribution in [0.25, 0.3) is 27.3 Å². The molecule has 4 rings (SSSR count). The molecule has 0 amide bonds. The van der Waals surface area contributed by atoms with Crippen LogP contribution in [0.15, 0.2) is 39.9 Å². The molecule has 0 aliphatic carbocycles. The Bertz CT molecular complexity index is 1190. The van der Waals surface area contributed by atoms with Crippen LogP contribution in [0.5, 0.6) is 11.5 Å². The zero-order valence-corrected chi connectivity index (χ0v) is 12.9. The van der Waals surface area contributed by atoms with Crippen LogP contribution in [0.4, 0.5) is 0 Å². The Morgan fingerprint density at radius 3 is 2.30 bits per heavy atom. The number of benzene rings is 1. The van der Waals surface area contributed by atoms with Crippen molar-refractivity contribution in [2.45, 2.75) is 0 Å². The van der Waals surface area contributed by atoms with Crippen LogP contribution >= 0.6 is 0 Å². The number of hydrogen-bond acceptors (Lipinski definition) is 4. The lowest BCUT2D eigenvalue weighted by atomic mass is 10.1. The van der Waals surface area contributed by atoms with Gasteiger partial charge < -0.3 is 14.0 Å². The van der Waals surface area contributed by atoms with Crippen molar-refractivity contribution in [2.75, 3.05) is 14.2 Å². The summed E-state index contributed by atoms with van der Waals surface area (Å²) in [6.07, 6.45) is 0. The molecule has 116 valence electrons. The molecule has 0 aliphatic heterocycles. The van der Waals surface area contributed by atoms with Gasteiger partial charge in [0.1, 0.15) is 5.52 Å². The number of fused-ring (bicyclic) bond motifs is 3. The third-order valence-electron chi connectivity index (χ3n) is 4.30. The van der Waals surface area contributed by atoms with E-state index in [-0.39, 0.29) is 22.6 Å². The number of methoxy groups -OCH3 is 2. The van der Waals surface area contributed by atoms with Gasteiger partial charge in [0.05, 0.1) is 25.3 Å². The van der Waals surface area contributed by atoms with E-state index < -0.39 is 0 Å². The van der Waals surface area contributed by atoms with E-state index in [1.807, 2.05) is 24.3 Å². The first kappa shape index (κ1) is 13.6. The van der Waals surface area contributed by atoms with E-state index in [2.05, 4.69) is 0 Å². The predicted molar refractivity (Wildman–Crippen MR) is 88.2 cm³/mol. The van der Waals surface area contributed by atoms with Gasteiger partial charge in [-0.25, -0.2) is 0 Å². The van der Waals surface area contributed by atoms with Crippen molar-refractivity contribution in [1.29, 1.82) is 0 Å². The third-order valence-corrected chi connectivity index (χ3v) is 4.30. The summed E-state index contributed by atoms with van der Waals surface area (Å²) in [5.74, 6) is 0.363. The summed E-state index contributed by atoms with van der Waals surface area (Å²) in [5.41, 5.74) is 1.47. The lowest BCUT2D eigenvalue weighted by Crippen LogP contribution is -2.21. The van der Waals surface area contributed by atoms with E-state index in [1.54, 1.807) is 17.5 Å². The quantitative estimate of drug-likeness (QED) is 0.566. The Kier molecular flexibility index (Phi) is 2.66. The first-order chi connectivity index (χ1) is 11.1. The maximum absolute atomic E-state index is 12.9. The highest BCUT2D eigenvalue weighted by Gasteiger charge is 2.24. The molecule has 6 nitrogen and oxygen atoms in total. The number of nitrogens with zero attached hydrogens (tertiary/aromatic N) is 2. The van der Waals surface area contributed by atoms with E-state index in [0.717, 1.165) is 16.3 Å². The standard InChI is InChI=1S/C17H14N2O4/c1-18-12(20)8-10-9-6-4-5-7-11(9)19-13(10)14(18)15(22-2)16(23-3)17(19)21/h4-8H,1-3H3. The number of aromatic nitrogens is 2. The van der Waals surface area contributed by atoms with Gasteiger partial charge in [-0.05, 0) is 6.07 Å². The summed E-state index contributed by atoms with van der Waals surface area (Å²) >= 11 is 0. The summed E-state index contributed by atoms with van der Waals surface area (Å²) in [6.45, 7) is 0. The first-order valence-electron chi connectivity index (χ1n) is 7.10. The minimum Gasteiger partial charge on any atom is -0.491 e. The number of hydrogen-bond donors (Lipinski definition) is 0. The van der Waals surface area contributed by atoms with Gasteiger partial charge in [0.25, 0.3) is 5.56 Å². The molecule has 4 aromatic rings. The Labute approximate surface area is 130 Å². The number of rotatable bonds is 2. The molecule has 1 aromatic carbocycles. The normalized spacial score (nSPS) is 11.6. The fourth-order valence-corrected chi connectivity index (χ4v) is 3.28. The van der Waals surface area contributed by atoms with Crippen LogP contribution in [0.3, 0.4) is 0 Å². The Morgan fingerprint density at radius 1 is 0.913 bits per heavy atom. The molecule has 0 saturated carbocycles. The van der Waals surface area contributed by atoms with Crippen molar-refractivity contribution in [3.63, 3.8) is 0 Å². The Hall–Kier alpha value is -3.02. The lowest BCUT2D eigenvalue weighted by molar-refractivity contribution is 0.352. The summed E-state index contributed by atoms with van der Waals surface area (Å²) < 4.78 is 13.7. The molecular weight excluding hydrogens is 296 g/mol. The zero-order valence-electron chi connectivity index (χ0n) is 12.9. The van der Waals surface area contributed by atoms with E-state index in [9.17, 15) is 9.59 Å². The molecule has 0 fully saturated rings. The summed E-state index contributed by atoms with van der Waals surface area (Å²) in [5, 5.41) is 1.58. The minimum atomic E-state index is -0.304. The molecule has 23 heavy (non-hydrogen) atoms. The number of para-hydroxylation sites is 1. The fraction of sp³-hybridized carbons (Fsp3) is 0.176. The molecule has 0 aliphatic rings. The monoisotopic (exact) mass is 310 g/mol. The first-order valence-corrected chi connectivity index (χ1v) is 7.10. The van der Waals surface area contributed by atoms with Crippen molar-refractivity contribution < 1.29 is 9.47 Å². The summed E-state index contributed by atoms with van der Waals surface area (Å²) in [7, 11) is 4.53. The molecule has 0 saturated heterocycles. The third kappa shape index (κ3) is 1.52. The van der Waals surface area contributed by atoms with Crippen LogP contribution in [0.2, 0.25) is 0 Å². The fourth-order valence-electron chi connectivity index (χ4n) is 3.28. The van der Waals surface area contributed by atoms with Gasteiger partial charge >= 0.3 is 5.56 Å². The van der Waals surface area contributed by atoms with Crippen molar-refractivity contribution in [3.8, 4) is 11.5 Å². The average Bonchev–Trinajstić information content (AvgIpc) is 2.88. The maximum Gasteiger partial charge on any atom is 0.302 e. The molecule has 6 heteroatoms. The largest absolute Gasteiger partial charge is 0.491 e. The Balaban J connectivity index is 2.53. The highest BCUT2D eigenvalue weighted by molar-refractivity contribution is 6.14. The lowest BCUT2D eigenvalue weighted by Gasteiger charge is -2.13. The van der Waals surface area contributed by atoms with Crippen molar-refractivity contribution >= 4 is 27.3 Å². The van der Waals surface area contributed by atoms with Crippen LogP contribution in [0.1, 0.15) is 0 Å². The van der Waals surface area contributed by atoms with Gasteiger partial charge in [0, 0.05) is 23.9 Å². The maximum atomic E-state index is 12.9. The van der Waals surface area contributed by atoms with Crippen molar-refractivity contribution in [1.82, 2.24) is 8.97 Å². The zero-order chi connectivity index (χ0) is 16.3. The number of aryl methyl sites for hydroxylation is 1. The van der Waals surface area contributed by atoms with Crippen LogP contribution in [0, 0.1) is 0 Å². The average molecular weight is 310 g/mol. The second kappa shape index (κ2) is 4.49. The summed E-state index contributed by atoms with van der Waals surface area (Å²) in [4.78, 5) is 25.3. The molecule has 3 heterocycles. The molecule has 0 N–H and O–H groups in total. The minimum absolute atomic E-state index is 0.0869. The van der Waals surface area contributed by atoms with Gasteiger partial charge in [0.2, 0.25) is 5.75 Å². The van der Waals surface area contributed by atoms with Crippen LogP contribution in [-0.2, 0) is 7.05 Å². The molecular formula is C17H14N2O4. The van der Waals surface area contributed by atoms with E-state index in [0.29, 0.717) is 11.0 Å². The van der Waals surface area contributed by atoms with Gasteiger partial charge in [0.15, 0.2) is 5.75 Å². The molecule has 0 spiro atoms. The predicted octanol–water partition coefficient (Wildman–Crippen LogP) is 1.76. The van der Waals surface area contributed by atoms with E-state index in [4.69, 9.17) is 9.47 Å². The second-order valence-corrected chi connectivity index (χ2v) is 5.38. The second-order valence-electron chi connectivity index (χ2n) is 5.38. The molecule has 0 radical (unpaired) electrons. The molecule has 3 aromatic heterocycles. The van der Waals surface area contributed by atoms with E-state index >= 15 is 0 Å². The Morgan fingerprint density at radius 2 is 1.61 bits per heavy atom. The molecule has 0 bridgehead atoms. The van der Waals surface area contributed by atoms with Gasteiger partial charge in [-0.3, -0.25) is 14.0 Å². The highest BCUT2D eigenvalue weighted by atomic mass is 16.5. The molecule has 0 atom stereocenters. The van der Waals surface area contributed by atoms with Gasteiger partial charge in [-0.15, -0.1) is 0 Å². The SMILES string of the molecule is COc1c(OC)c2c3c(cc(=O)n2C)c2ccccc2n3c1=O. The van der Waals surface area contributed by atoms with Crippen LogP contribution < -0.4 is 20.6 Å².